The lowest BCUT2D eigenvalue weighted by atomic mass is 9.82. The molecule has 4 atom stereocenters. The van der Waals surface area contributed by atoms with Gasteiger partial charge in [-0.2, -0.15) is 4.31 Å². The number of aliphatic hydroxyl groups is 1. The lowest BCUT2D eigenvalue weighted by Crippen LogP contribution is -2.52. The van der Waals surface area contributed by atoms with Crippen LogP contribution in [0.15, 0.2) is 83.8 Å². The van der Waals surface area contributed by atoms with Crippen molar-refractivity contribution in [3.05, 3.63) is 112 Å². The van der Waals surface area contributed by atoms with Gasteiger partial charge < -0.3 is 20.6 Å². The third kappa shape index (κ3) is 5.92. The van der Waals surface area contributed by atoms with E-state index in [1.165, 1.54) is 15.3 Å². The fourth-order valence-electron chi connectivity index (χ4n) is 8.10. The van der Waals surface area contributed by atoms with E-state index in [1.54, 1.807) is 48.5 Å². The number of piperidine rings is 1. The lowest BCUT2D eigenvalue weighted by molar-refractivity contribution is -0.136. The van der Waals surface area contributed by atoms with Gasteiger partial charge in [-0.05, 0) is 90.6 Å². The summed E-state index contributed by atoms with van der Waals surface area (Å²) in [5.41, 5.74) is 6.21. The number of halogens is 1. The maximum absolute atomic E-state index is 15.5. The molecule has 0 radical (unpaired) electrons. The Morgan fingerprint density at radius 3 is 2.52 bits per heavy atom. The van der Waals surface area contributed by atoms with Gasteiger partial charge in [0.2, 0.25) is 21.8 Å². The molecule has 11 nitrogen and oxygen atoms in total. The van der Waals surface area contributed by atoms with Crippen LogP contribution in [0, 0.1) is 18.7 Å². The normalized spacial score (nSPS) is 22.8. The number of amides is 3. The Morgan fingerprint density at radius 2 is 1.75 bits per heavy atom. The van der Waals surface area contributed by atoms with E-state index in [-0.39, 0.29) is 48.2 Å². The Hall–Kier alpha value is -5.11. The van der Waals surface area contributed by atoms with Crippen LogP contribution in [0.4, 0.5) is 15.8 Å². The second kappa shape index (κ2) is 13.1. The summed E-state index contributed by atoms with van der Waals surface area (Å²) in [4.78, 5) is 38.9. The van der Waals surface area contributed by atoms with Crippen molar-refractivity contribution in [1.29, 1.82) is 0 Å². The Labute approximate surface area is 300 Å². The predicted octanol–water partition coefficient (Wildman–Crippen LogP) is 4.71. The van der Waals surface area contributed by atoms with E-state index >= 15 is 4.39 Å². The van der Waals surface area contributed by atoms with E-state index in [1.807, 2.05) is 31.2 Å². The summed E-state index contributed by atoms with van der Waals surface area (Å²) in [6, 6.07) is 21.0. The number of hydrogen-bond acceptors (Lipinski definition) is 8. The molecule has 4 aromatic rings. The van der Waals surface area contributed by atoms with E-state index in [2.05, 4.69) is 16.0 Å². The van der Waals surface area contributed by atoms with Gasteiger partial charge in [0.25, 0.3) is 5.91 Å². The molecule has 1 unspecified atom stereocenters. The third-order valence-corrected chi connectivity index (χ3v) is 12.7. The van der Waals surface area contributed by atoms with E-state index in [9.17, 15) is 27.9 Å². The summed E-state index contributed by atoms with van der Waals surface area (Å²) in [7, 11) is -3.86. The van der Waals surface area contributed by atoms with E-state index in [4.69, 9.17) is 0 Å². The summed E-state index contributed by atoms with van der Waals surface area (Å²) in [5, 5.41) is 19.3. The molecule has 2 saturated heterocycles. The van der Waals surface area contributed by atoms with Crippen molar-refractivity contribution in [2.45, 2.75) is 62.3 Å². The first-order valence-corrected chi connectivity index (χ1v) is 18.9. The average Bonchev–Trinajstić information content (AvgIpc) is 3.73. The molecule has 0 aromatic heterocycles. The highest BCUT2D eigenvalue weighted by molar-refractivity contribution is 7.89. The molecule has 4 aromatic carbocycles. The van der Waals surface area contributed by atoms with Gasteiger partial charge in [-0.1, -0.05) is 35.9 Å². The molecule has 0 bridgehead atoms. The quantitative estimate of drug-likeness (QED) is 0.191. The topological polar surface area (TPSA) is 148 Å². The second-order valence-electron chi connectivity index (χ2n) is 14.0. The van der Waals surface area contributed by atoms with Gasteiger partial charge in [-0.3, -0.25) is 19.7 Å². The molecule has 4 aliphatic rings. The smallest absolute Gasteiger partial charge is 0.255 e. The predicted molar refractivity (Wildman–Crippen MR) is 192 cm³/mol. The largest absolute Gasteiger partial charge is 0.394 e. The summed E-state index contributed by atoms with van der Waals surface area (Å²) >= 11 is 0. The van der Waals surface area contributed by atoms with Crippen LogP contribution in [0.5, 0.6) is 0 Å². The molecule has 4 N–H and O–H groups in total. The van der Waals surface area contributed by atoms with Crippen molar-refractivity contribution in [2.75, 3.05) is 23.8 Å². The molecule has 2 fully saturated rings. The Bertz CT molecular complexity index is 2230. The summed E-state index contributed by atoms with van der Waals surface area (Å²) in [6.45, 7) is 2.71. The maximum atomic E-state index is 15.5. The van der Waals surface area contributed by atoms with Gasteiger partial charge in [-0.15, -0.1) is 0 Å². The van der Waals surface area contributed by atoms with E-state index in [0.29, 0.717) is 54.0 Å². The van der Waals surface area contributed by atoms with Gasteiger partial charge in [-0.25, -0.2) is 12.8 Å². The minimum absolute atomic E-state index is 0.151. The van der Waals surface area contributed by atoms with Crippen molar-refractivity contribution in [3.8, 4) is 11.1 Å². The number of rotatable bonds is 8. The molecular weight excluding hydrogens is 686 g/mol. The van der Waals surface area contributed by atoms with Crippen molar-refractivity contribution < 1.29 is 32.3 Å². The zero-order valence-corrected chi connectivity index (χ0v) is 29.3. The highest BCUT2D eigenvalue weighted by Crippen LogP contribution is 2.49. The first-order valence-electron chi connectivity index (χ1n) is 17.4. The number of aliphatic hydroxyl groups excluding tert-OH is 1. The van der Waals surface area contributed by atoms with Crippen LogP contribution in [0.25, 0.3) is 11.1 Å². The zero-order valence-electron chi connectivity index (χ0n) is 28.4. The van der Waals surface area contributed by atoms with Crippen molar-refractivity contribution >= 4 is 39.1 Å². The van der Waals surface area contributed by atoms with Crippen molar-refractivity contribution in [2.24, 2.45) is 5.92 Å². The molecule has 4 aliphatic heterocycles. The van der Waals surface area contributed by atoms with Crippen LogP contribution >= 0.6 is 0 Å². The molecular formula is C39H38FN5O6S. The van der Waals surface area contributed by atoms with Crippen LogP contribution in [0.1, 0.15) is 57.9 Å². The molecule has 0 saturated carbocycles. The molecule has 268 valence electrons. The summed E-state index contributed by atoms with van der Waals surface area (Å²) in [5.74, 6) is -1.63. The minimum Gasteiger partial charge on any atom is -0.394 e. The third-order valence-electron chi connectivity index (χ3n) is 10.8. The van der Waals surface area contributed by atoms with Gasteiger partial charge in [0.05, 0.1) is 23.6 Å². The molecule has 4 heterocycles. The number of anilines is 2. The number of benzene rings is 4. The molecule has 0 aliphatic carbocycles. The van der Waals surface area contributed by atoms with E-state index < -0.39 is 33.8 Å². The van der Waals surface area contributed by atoms with Crippen LogP contribution in [-0.2, 0) is 32.7 Å². The van der Waals surface area contributed by atoms with Gasteiger partial charge >= 0.3 is 0 Å². The lowest BCUT2D eigenvalue weighted by Gasteiger charge is -2.39. The zero-order chi connectivity index (χ0) is 36.3. The van der Waals surface area contributed by atoms with Crippen molar-refractivity contribution in [1.82, 2.24) is 14.5 Å². The number of hydrogen-bond donors (Lipinski definition) is 4. The number of sulfonamides is 1. The number of carbonyl (C=O) groups is 3. The number of imide groups is 1. The second-order valence-corrected chi connectivity index (χ2v) is 15.9. The number of nitrogens with zero attached hydrogens (tertiary/aromatic N) is 2. The van der Waals surface area contributed by atoms with Crippen LogP contribution in [0.3, 0.4) is 0 Å². The Morgan fingerprint density at radius 1 is 0.942 bits per heavy atom. The van der Waals surface area contributed by atoms with Crippen molar-refractivity contribution in [3.63, 3.8) is 0 Å². The van der Waals surface area contributed by atoms with Crippen LogP contribution in [-0.4, -0.2) is 65.7 Å². The molecule has 52 heavy (non-hydrogen) atoms. The SMILES string of the molecule is Cc1ccc(S(=O)(=O)N2CC[C@@H]3[C@H](CO)Nc4ccc(-c5cc(NCc6ccc7c(c6)CN(C6CCC(=O)NC6=O)C7=O)ccc5F)cc4[C@@H]32)cc1. The molecule has 3 amide bonds. The number of carbonyl (C=O) groups excluding carboxylic acids is 3. The maximum Gasteiger partial charge on any atom is 0.255 e. The number of aryl methyl sites for hydroxylation is 1. The fraction of sp³-hybridized carbons (Fsp3) is 0.308. The Balaban J connectivity index is 1.03. The van der Waals surface area contributed by atoms with Gasteiger partial charge in [0, 0.05) is 54.5 Å². The fourth-order valence-corrected chi connectivity index (χ4v) is 9.77. The number of nitrogens with one attached hydrogen (secondary N) is 3. The first-order chi connectivity index (χ1) is 25.0. The highest BCUT2D eigenvalue weighted by Gasteiger charge is 2.48. The highest BCUT2D eigenvalue weighted by atomic mass is 32.2. The first kappa shape index (κ1) is 34.0. The van der Waals surface area contributed by atoms with Gasteiger partial charge in [0.15, 0.2) is 0 Å². The van der Waals surface area contributed by atoms with Crippen LogP contribution < -0.4 is 16.0 Å². The molecule has 0 spiro atoms. The van der Waals surface area contributed by atoms with Gasteiger partial charge in [0.1, 0.15) is 11.9 Å². The molecule has 13 heteroatoms. The molecule has 8 rings (SSSR count). The minimum atomic E-state index is -3.86. The van der Waals surface area contributed by atoms with Crippen LogP contribution in [0.2, 0.25) is 0 Å². The summed E-state index contributed by atoms with van der Waals surface area (Å²) in [6.07, 6.45) is 1.05. The standard InChI is InChI=1S/C39H38FN5O6S/c1-22-2-7-27(8-3-22)52(50,51)45-15-14-29-34(21-46)42-33-11-5-24(17-31(33)37(29)45)30-18-26(6-10-32(30)40)41-19-23-4-9-28-25(16-23)20-44(39(28)49)35-12-13-36(47)43-38(35)48/h2-11,16-18,29,34-35,37,41-42,46H,12-15,19-21H2,1H3,(H,43,47,48)/t29-,34+,35?,37-/m1/s1. The average molecular weight is 724 g/mol. The van der Waals surface area contributed by atoms with E-state index in [0.717, 1.165) is 22.3 Å². The summed E-state index contributed by atoms with van der Waals surface area (Å²) < 4.78 is 45.0. The monoisotopic (exact) mass is 723 g/mol. The Kier molecular flexibility index (Phi) is 8.59. The number of fused-ring (bicyclic) bond motifs is 4.